The Hall–Kier alpha value is -2.38. The van der Waals surface area contributed by atoms with Gasteiger partial charge >= 0.3 is 11.9 Å². The second-order valence-corrected chi connectivity index (χ2v) is 4.96. The van der Waals surface area contributed by atoms with Gasteiger partial charge in [-0.1, -0.05) is 0 Å². The van der Waals surface area contributed by atoms with Crippen LogP contribution in [0.4, 0.5) is 0 Å². The third-order valence-corrected chi connectivity index (χ3v) is 1.71. The van der Waals surface area contributed by atoms with E-state index in [-0.39, 0.29) is 0 Å². The van der Waals surface area contributed by atoms with Gasteiger partial charge in [0.1, 0.15) is 0 Å². The smallest absolute Gasteiger partial charge is 0.304 e. The van der Waals surface area contributed by atoms with Crippen LogP contribution < -0.4 is 0 Å². The Kier molecular flexibility index (Phi) is 6.40. The predicted octanol–water partition coefficient (Wildman–Crippen LogP) is 1.68. The van der Waals surface area contributed by atoms with E-state index < -0.39 is 23.1 Å². The molecule has 0 spiro atoms. The number of rotatable bonds is 2. The minimum atomic E-state index is -0.884. The minimum absolute atomic E-state index is 0.403. The molecule has 0 amide bonds. The standard InChI is InChI=1S/C16H18O4/c1-13(17)19-15(3,4)11-9-7-8-10-12-16(5,6)20-14(2)18/h1-6H3. The minimum Gasteiger partial charge on any atom is -0.447 e. The van der Waals surface area contributed by atoms with Crippen molar-refractivity contribution in [1.82, 2.24) is 0 Å². The van der Waals surface area contributed by atoms with E-state index in [4.69, 9.17) is 9.47 Å². The molecule has 106 valence electrons. The maximum absolute atomic E-state index is 10.8. The van der Waals surface area contributed by atoms with Gasteiger partial charge in [0.25, 0.3) is 0 Å². The first-order chi connectivity index (χ1) is 9.04. The number of hydrogen-bond acceptors (Lipinski definition) is 4. The monoisotopic (exact) mass is 274 g/mol. The van der Waals surface area contributed by atoms with E-state index in [9.17, 15) is 9.59 Å². The second-order valence-electron chi connectivity index (χ2n) is 4.96. The molecule has 0 saturated heterocycles. The van der Waals surface area contributed by atoms with Crippen LogP contribution in [0.5, 0.6) is 0 Å². The largest absolute Gasteiger partial charge is 0.447 e. The van der Waals surface area contributed by atoms with E-state index in [0.717, 1.165) is 0 Å². The Bertz CT molecular complexity index is 513. The van der Waals surface area contributed by atoms with Gasteiger partial charge in [-0.15, -0.1) is 0 Å². The molecular weight excluding hydrogens is 256 g/mol. The molecule has 0 radical (unpaired) electrons. The average Bonchev–Trinajstić information content (AvgIpc) is 2.19. The average molecular weight is 274 g/mol. The van der Waals surface area contributed by atoms with Crippen molar-refractivity contribution in [3.8, 4) is 35.5 Å². The molecule has 0 atom stereocenters. The van der Waals surface area contributed by atoms with Gasteiger partial charge in [0.15, 0.2) is 11.2 Å². The highest BCUT2D eigenvalue weighted by Gasteiger charge is 2.17. The molecule has 0 aliphatic rings. The molecule has 0 aromatic carbocycles. The Morgan fingerprint density at radius 3 is 1.25 bits per heavy atom. The summed E-state index contributed by atoms with van der Waals surface area (Å²) in [5.41, 5.74) is -1.77. The summed E-state index contributed by atoms with van der Waals surface area (Å²) in [5, 5.41) is 0. The molecule has 0 bridgehead atoms. The van der Waals surface area contributed by atoms with Crippen molar-refractivity contribution in [3.05, 3.63) is 0 Å². The van der Waals surface area contributed by atoms with Crippen LogP contribution in [-0.2, 0) is 19.1 Å². The predicted molar refractivity (Wildman–Crippen MR) is 75.0 cm³/mol. The zero-order valence-corrected chi connectivity index (χ0v) is 12.6. The van der Waals surface area contributed by atoms with Crippen LogP contribution in [0.3, 0.4) is 0 Å². The first kappa shape index (κ1) is 17.6. The van der Waals surface area contributed by atoms with Crippen molar-refractivity contribution in [2.75, 3.05) is 0 Å². The summed E-state index contributed by atoms with van der Waals surface area (Å²) >= 11 is 0. The lowest BCUT2D eigenvalue weighted by Crippen LogP contribution is -2.24. The van der Waals surface area contributed by atoms with Crippen molar-refractivity contribution < 1.29 is 19.1 Å². The molecular formula is C16H18O4. The van der Waals surface area contributed by atoms with Gasteiger partial charge in [-0.05, 0) is 63.2 Å². The third-order valence-electron chi connectivity index (χ3n) is 1.71. The molecule has 20 heavy (non-hydrogen) atoms. The van der Waals surface area contributed by atoms with Gasteiger partial charge in [-0.25, -0.2) is 0 Å². The van der Waals surface area contributed by atoms with Crippen molar-refractivity contribution >= 4 is 11.9 Å². The molecule has 0 heterocycles. The molecule has 0 unspecified atom stereocenters. The van der Waals surface area contributed by atoms with E-state index >= 15 is 0 Å². The lowest BCUT2D eigenvalue weighted by Gasteiger charge is -2.16. The number of ether oxygens (including phenoxy) is 2. The summed E-state index contributed by atoms with van der Waals surface area (Å²) in [4.78, 5) is 21.6. The van der Waals surface area contributed by atoms with Crippen LogP contribution in [-0.4, -0.2) is 23.1 Å². The number of carbonyl (C=O) groups is 2. The van der Waals surface area contributed by atoms with Crippen LogP contribution in [0.25, 0.3) is 0 Å². The van der Waals surface area contributed by atoms with E-state index in [1.807, 2.05) is 0 Å². The topological polar surface area (TPSA) is 52.6 Å². The third kappa shape index (κ3) is 9.63. The van der Waals surface area contributed by atoms with Crippen LogP contribution >= 0.6 is 0 Å². The summed E-state index contributed by atoms with van der Waals surface area (Å²) in [5.74, 6) is 14.8. The Balaban J connectivity index is 4.67. The lowest BCUT2D eigenvalue weighted by atomic mass is 10.1. The zero-order valence-electron chi connectivity index (χ0n) is 12.6. The van der Waals surface area contributed by atoms with Crippen molar-refractivity contribution in [2.24, 2.45) is 0 Å². The molecule has 0 aromatic rings. The first-order valence-electron chi connectivity index (χ1n) is 5.97. The fraction of sp³-hybridized carbons (Fsp3) is 0.500. The number of carbonyl (C=O) groups excluding carboxylic acids is 2. The number of hydrogen-bond donors (Lipinski definition) is 0. The van der Waals surface area contributed by atoms with Crippen molar-refractivity contribution in [1.29, 1.82) is 0 Å². The highest BCUT2D eigenvalue weighted by molar-refractivity contribution is 5.67. The molecule has 0 fully saturated rings. The molecule has 0 N–H and O–H groups in total. The second kappa shape index (κ2) is 7.27. The first-order valence-corrected chi connectivity index (χ1v) is 5.97. The Morgan fingerprint density at radius 2 is 1.00 bits per heavy atom. The van der Waals surface area contributed by atoms with Crippen LogP contribution in [0.15, 0.2) is 0 Å². The summed E-state index contributed by atoms with van der Waals surface area (Å²) in [6, 6.07) is 0. The molecule has 0 aromatic heterocycles. The summed E-state index contributed by atoms with van der Waals surface area (Å²) in [6.07, 6.45) is 0. The maximum Gasteiger partial charge on any atom is 0.304 e. The highest BCUT2D eigenvalue weighted by atomic mass is 16.6. The van der Waals surface area contributed by atoms with Gasteiger partial charge in [-0.3, -0.25) is 9.59 Å². The molecule has 0 rings (SSSR count). The fourth-order valence-corrected chi connectivity index (χ4v) is 1.20. The van der Waals surface area contributed by atoms with Gasteiger partial charge in [-0.2, -0.15) is 0 Å². The quantitative estimate of drug-likeness (QED) is 0.568. The fourth-order valence-electron chi connectivity index (χ4n) is 1.20. The summed E-state index contributed by atoms with van der Waals surface area (Å²) in [6.45, 7) is 9.30. The van der Waals surface area contributed by atoms with Gasteiger partial charge in [0, 0.05) is 13.8 Å². The summed E-state index contributed by atoms with van der Waals surface area (Å²) < 4.78 is 9.94. The molecule has 0 aliphatic carbocycles. The maximum atomic E-state index is 10.8. The van der Waals surface area contributed by atoms with Crippen LogP contribution in [0.2, 0.25) is 0 Å². The van der Waals surface area contributed by atoms with Crippen molar-refractivity contribution in [3.63, 3.8) is 0 Å². The van der Waals surface area contributed by atoms with E-state index in [1.165, 1.54) is 13.8 Å². The van der Waals surface area contributed by atoms with Crippen LogP contribution in [0.1, 0.15) is 41.5 Å². The SMILES string of the molecule is CC(=O)OC(C)(C)C#CC#CC#CC(C)(C)OC(C)=O. The Morgan fingerprint density at radius 1 is 0.700 bits per heavy atom. The molecule has 0 aliphatic heterocycles. The Labute approximate surface area is 120 Å². The highest BCUT2D eigenvalue weighted by Crippen LogP contribution is 2.07. The van der Waals surface area contributed by atoms with Crippen LogP contribution in [0, 0.1) is 35.5 Å². The molecule has 4 nitrogen and oxygen atoms in total. The van der Waals surface area contributed by atoms with E-state index in [1.54, 1.807) is 27.7 Å². The van der Waals surface area contributed by atoms with Crippen molar-refractivity contribution in [2.45, 2.75) is 52.7 Å². The normalized spacial score (nSPS) is 9.70. The van der Waals surface area contributed by atoms with Gasteiger partial charge in [0.05, 0.1) is 0 Å². The number of esters is 2. The van der Waals surface area contributed by atoms with E-state index in [2.05, 4.69) is 35.5 Å². The van der Waals surface area contributed by atoms with Gasteiger partial charge in [0.2, 0.25) is 0 Å². The summed E-state index contributed by atoms with van der Waals surface area (Å²) in [7, 11) is 0. The lowest BCUT2D eigenvalue weighted by molar-refractivity contribution is -0.150. The van der Waals surface area contributed by atoms with E-state index in [0.29, 0.717) is 0 Å². The zero-order chi connectivity index (χ0) is 15.8. The van der Waals surface area contributed by atoms with Gasteiger partial charge < -0.3 is 9.47 Å². The molecule has 0 saturated carbocycles. The molecule has 4 heteroatoms.